The molecule has 0 heterocycles. The van der Waals surface area contributed by atoms with E-state index in [9.17, 15) is 8.42 Å². The van der Waals surface area contributed by atoms with Crippen molar-refractivity contribution in [1.29, 1.82) is 0 Å². The molecule has 0 unspecified atom stereocenters. The molecule has 5 nitrogen and oxygen atoms in total. The fourth-order valence-electron chi connectivity index (χ4n) is 1.94. The highest BCUT2D eigenvalue weighted by Gasteiger charge is 2.12. The second-order valence-electron chi connectivity index (χ2n) is 4.61. The molecule has 0 aliphatic rings. The molecule has 2 rings (SSSR count). The summed E-state index contributed by atoms with van der Waals surface area (Å²) in [6, 6.07) is 14.0. The van der Waals surface area contributed by atoms with Gasteiger partial charge in [0.05, 0.1) is 12.9 Å². The number of sulfonamides is 1. The fourth-order valence-corrected chi connectivity index (χ4v) is 3.13. The molecule has 112 valence electrons. The molecule has 0 radical (unpaired) electrons. The highest BCUT2D eigenvalue weighted by molar-refractivity contribution is 7.91. The Morgan fingerprint density at radius 1 is 1.10 bits per heavy atom. The Kier molecular flexibility index (Phi) is 4.82. The Labute approximate surface area is 124 Å². The zero-order valence-corrected chi connectivity index (χ0v) is 12.6. The second kappa shape index (κ2) is 6.60. The molecule has 0 aliphatic heterocycles. The number of hydrogen-bond acceptors (Lipinski definition) is 4. The van der Waals surface area contributed by atoms with Crippen LogP contribution >= 0.6 is 0 Å². The maximum absolute atomic E-state index is 12.1. The standard InChI is InChI=1S/C15H18N2O3S/c1-20-15-7-5-14(6-8-15)17-21(18,19)11-13-4-2-3-12(9-13)10-16/h2-9,17H,10-11,16H2,1H3. The van der Waals surface area contributed by atoms with Crippen molar-refractivity contribution >= 4 is 15.7 Å². The monoisotopic (exact) mass is 306 g/mol. The summed E-state index contributed by atoms with van der Waals surface area (Å²) < 4.78 is 31.9. The summed E-state index contributed by atoms with van der Waals surface area (Å²) in [7, 11) is -1.90. The topological polar surface area (TPSA) is 81.4 Å². The van der Waals surface area contributed by atoms with E-state index in [1.54, 1.807) is 49.6 Å². The Morgan fingerprint density at radius 2 is 1.76 bits per heavy atom. The van der Waals surface area contributed by atoms with Gasteiger partial charge in [-0.05, 0) is 35.4 Å². The van der Waals surface area contributed by atoms with Crippen LogP contribution in [-0.4, -0.2) is 15.5 Å². The van der Waals surface area contributed by atoms with Crippen LogP contribution in [0.15, 0.2) is 48.5 Å². The first-order valence-corrected chi connectivity index (χ1v) is 8.10. The lowest BCUT2D eigenvalue weighted by Crippen LogP contribution is -2.15. The number of nitrogens with two attached hydrogens (primary N) is 1. The van der Waals surface area contributed by atoms with E-state index in [1.165, 1.54) is 0 Å². The van der Waals surface area contributed by atoms with Crippen molar-refractivity contribution in [1.82, 2.24) is 0 Å². The number of ether oxygens (including phenoxy) is 1. The van der Waals surface area contributed by atoms with Gasteiger partial charge in [0.1, 0.15) is 5.75 Å². The van der Waals surface area contributed by atoms with Crippen LogP contribution in [0, 0.1) is 0 Å². The molecule has 0 aliphatic carbocycles. The van der Waals surface area contributed by atoms with Crippen LogP contribution in [0.4, 0.5) is 5.69 Å². The zero-order valence-electron chi connectivity index (χ0n) is 11.7. The fraction of sp³-hybridized carbons (Fsp3) is 0.200. The number of anilines is 1. The number of methoxy groups -OCH3 is 1. The van der Waals surface area contributed by atoms with Gasteiger partial charge in [0, 0.05) is 12.2 Å². The minimum Gasteiger partial charge on any atom is -0.497 e. The molecule has 0 amide bonds. The molecule has 0 bridgehead atoms. The van der Waals surface area contributed by atoms with Crippen LogP contribution in [0.5, 0.6) is 5.75 Å². The van der Waals surface area contributed by atoms with Gasteiger partial charge in [-0.1, -0.05) is 24.3 Å². The lowest BCUT2D eigenvalue weighted by molar-refractivity contribution is 0.415. The maximum Gasteiger partial charge on any atom is 0.236 e. The summed E-state index contributed by atoms with van der Waals surface area (Å²) in [4.78, 5) is 0. The van der Waals surface area contributed by atoms with Gasteiger partial charge in [0.25, 0.3) is 0 Å². The number of nitrogens with one attached hydrogen (secondary N) is 1. The predicted octanol–water partition coefficient (Wildman–Crippen LogP) is 2.10. The second-order valence-corrected chi connectivity index (χ2v) is 6.34. The number of hydrogen-bond donors (Lipinski definition) is 2. The maximum atomic E-state index is 12.1. The summed E-state index contributed by atoms with van der Waals surface area (Å²) in [5.41, 5.74) is 7.68. The molecule has 2 aromatic rings. The van der Waals surface area contributed by atoms with Crippen molar-refractivity contribution < 1.29 is 13.2 Å². The first kappa shape index (κ1) is 15.3. The first-order chi connectivity index (χ1) is 10.0. The lowest BCUT2D eigenvalue weighted by Gasteiger charge is -2.09. The SMILES string of the molecule is COc1ccc(NS(=O)(=O)Cc2cccc(CN)c2)cc1. The Bertz CT molecular complexity index is 697. The highest BCUT2D eigenvalue weighted by Crippen LogP contribution is 2.17. The minimum atomic E-state index is -3.46. The third-order valence-electron chi connectivity index (χ3n) is 2.95. The molecule has 6 heteroatoms. The van der Waals surface area contributed by atoms with Crippen molar-refractivity contribution in [3.63, 3.8) is 0 Å². The summed E-state index contributed by atoms with van der Waals surface area (Å²) in [6.07, 6.45) is 0. The molecule has 0 saturated carbocycles. The van der Waals surface area contributed by atoms with Gasteiger partial charge >= 0.3 is 0 Å². The van der Waals surface area contributed by atoms with Crippen LogP contribution in [0.2, 0.25) is 0 Å². The summed E-state index contributed by atoms with van der Waals surface area (Å²) in [5.74, 6) is 0.584. The van der Waals surface area contributed by atoms with E-state index in [4.69, 9.17) is 10.5 Å². The summed E-state index contributed by atoms with van der Waals surface area (Å²) in [6.45, 7) is 0.389. The average molecular weight is 306 g/mol. The first-order valence-electron chi connectivity index (χ1n) is 6.45. The Hall–Kier alpha value is -2.05. The molecule has 0 fully saturated rings. The molecule has 0 saturated heterocycles. The van der Waals surface area contributed by atoms with Crippen LogP contribution in [0.1, 0.15) is 11.1 Å². The number of rotatable bonds is 6. The third-order valence-corrected chi connectivity index (χ3v) is 4.21. The van der Waals surface area contributed by atoms with Gasteiger partial charge < -0.3 is 10.5 Å². The molecule has 3 N–H and O–H groups in total. The van der Waals surface area contributed by atoms with E-state index in [0.29, 0.717) is 23.5 Å². The van der Waals surface area contributed by atoms with Crippen LogP contribution < -0.4 is 15.2 Å². The van der Waals surface area contributed by atoms with Gasteiger partial charge in [0.2, 0.25) is 10.0 Å². The normalized spacial score (nSPS) is 11.1. The van der Waals surface area contributed by atoms with Crippen molar-refractivity contribution in [2.45, 2.75) is 12.3 Å². The van der Waals surface area contributed by atoms with Crippen molar-refractivity contribution in [2.24, 2.45) is 5.73 Å². The quantitative estimate of drug-likeness (QED) is 0.856. The zero-order chi connectivity index (χ0) is 15.3. The Morgan fingerprint density at radius 3 is 2.38 bits per heavy atom. The van der Waals surface area contributed by atoms with E-state index in [0.717, 1.165) is 5.56 Å². The highest BCUT2D eigenvalue weighted by atomic mass is 32.2. The van der Waals surface area contributed by atoms with Gasteiger partial charge in [-0.2, -0.15) is 0 Å². The smallest absolute Gasteiger partial charge is 0.236 e. The van der Waals surface area contributed by atoms with Gasteiger partial charge in [0.15, 0.2) is 0 Å². The predicted molar refractivity (Wildman–Crippen MR) is 83.6 cm³/mol. The van der Waals surface area contributed by atoms with E-state index in [2.05, 4.69) is 4.72 Å². The largest absolute Gasteiger partial charge is 0.497 e. The van der Waals surface area contributed by atoms with E-state index < -0.39 is 10.0 Å². The molecular formula is C15H18N2O3S. The van der Waals surface area contributed by atoms with E-state index in [-0.39, 0.29) is 5.75 Å². The van der Waals surface area contributed by atoms with Gasteiger partial charge in [-0.3, -0.25) is 4.72 Å². The molecule has 2 aromatic carbocycles. The van der Waals surface area contributed by atoms with Crippen LogP contribution in [0.3, 0.4) is 0 Å². The van der Waals surface area contributed by atoms with Crippen molar-refractivity contribution in [3.05, 3.63) is 59.7 Å². The van der Waals surface area contributed by atoms with E-state index in [1.807, 2.05) is 6.07 Å². The summed E-state index contributed by atoms with van der Waals surface area (Å²) >= 11 is 0. The lowest BCUT2D eigenvalue weighted by atomic mass is 10.1. The molecule has 0 aromatic heterocycles. The van der Waals surface area contributed by atoms with E-state index >= 15 is 0 Å². The molecule has 0 atom stereocenters. The third kappa shape index (κ3) is 4.47. The average Bonchev–Trinajstić information content (AvgIpc) is 2.47. The molecule has 21 heavy (non-hydrogen) atoms. The van der Waals surface area contributed by atoms with Crippen LogP contribution in [-0.2, 0) is 22.3 Å². The molecular weight excluding hydrogens is 288 g/mol. The van der Waals surface area contributed by atoms with Gasteiger partial charge in [-0.15, -0.1) is 0 Å². The molecule has 0 spiro atoms. The van der Waals surface area contributed by atoms with Gasteiger partial charge in [-0.25, -0.2) is 8.42 Å². The van der Waals surface area contributed by atoms with Crippen molar-refractivity contribution in [2.75, 3.05) is 11.8 Å². The van der Waals surface area contributed by atoms with Crippen LogP contribution in [0.25, 0.3) is 0 Å². The minimum absolute atomic E-state index is 0.0904. The summed E-state index contributed by atoms with van der Waals surface area (Å²) in [5, 5.41) is 0. The van der Waals surface area contributed by atoms with Crippen molar-refractivity contribution in [3.8, 4) is 5.75 Å². The number of benzene rings is 2. The Balaban J connectivity index is 2.10.